The third kappa shape index (κ3) is 3.77. The van der Waals surface area contributed by atoms with Gasteiger partial charge < -0.3 is 5.32 Å². The van der Waals surface area contributed by atoms with Crippen LogP contribution in [0.1, 0.15) is 5.56 Å². The van der Waals surface area contributed by atoms with Crippen LogP contribution in [0, 0.1) is 0 Å². The second kappa shape index (κ2) is 6.27. The molecule has 0 saturated carbocycles. The second-order valence-electron chi connectivity index (χ2n) is 3.54. The number of hydrogen-bond acceptors (Lipinski definition) is 4. The van der Waals surface area contributed by atoms with Crippen LogP contribution in [0.15, 0.2) is 35.5 Å². The van der Waals surface area contributed by atoms with Crippen molar-refractivity contribution in [3.05, 3.63) is 46.1 Å². The molecule has 1 heterocycles. The van der Waals surface area contributed by atoms with Gasteiger partial charge >= 0.3 is 0 Å². The van der Waals surface area contributed by atoms with E-state index in [1.807, 2.05) is 30.5 Å². The number of benzene rings is 1. The molecule has 0 aliphatic rings. The lowest BCUT2D eigenvalue weighted by Gasteiger charge is -2.07. The quantitative estimate of drug-likeness (QED) is 0.524. The predicted octanol–water partition coefficient (Wildman–Crippen LogP) is 4.12. The van der Waals surface area contributed by atoms with Crippen molar-refractivity contribution in [2.24, 2.45) is 0 Å². The van der Waals surface area contributed by atoms with Gasteiger partial charge in [0.05, 0.1) is 0 Å². The van der Waals surface area contributed by atoms with Gasteiger partial charge in [-0.1, -0.05) is 47.1 Å². The Bertz CT molecular complexity index is 531. The zero-order valence-electron chi connectivity index (χ0n) is 9.65. The van der Waals surface area contributed by atoms with Crippen molar-refractivity contribution in [3.8, 4) is 0 Å². The van der Waals surface area contributed by atoms with Crippen molar-refractivity contribution in [1.82, 2.24) is 9.97 Å². The maximum Gasteiger partial charge on any atom is 0.190 e. The first kappa shape index (κ1) is 13.5. The Morgan fingerprint density at radius 2 is 1.89 bits per heavy atom. The molecule has 2 aromatic rings. The smallest absolute Gasteiger partial charge is 0.190 e. The molecule has 0 spiro atoms. The van der Waals surface area contributed by atoms with E-state index in [4.69, 9.17) is 23.2 Å². The summed E-state index contributed by atoms with van der Waals surface area (Å²) in [6.45, 7) is 0.665. The summed E-state index contributed by atoms with van der Waals surface area (Å²) in [6.07, 6.45) is 1.91. The van der Waals surface area contributed by atoms with E-state index in [1.165, 1.54) is 11.8 Å². The molecule has 94 valence electrons. The lowest BCUT2D eigenvalue weighted by Crippen LogP contribution is -2.02. The van der Waals surface area contributed by atoms with Crippen molar-refractivity contribution in [2.45, 2.75) is 11.7 Å². The molecule has 0 bridgehead atoms. The summed E-state index contributed by atoms with van der Waals surface area (Å²) >= 11 is 13.2. The summed E-state index contributed by atoms with van der Waals surface area (Å²) < 4.78 is 0. The van der Waals surface area contributed by atoms with E-state index < -0.39 is 0 Å². The maximum absolute atomic E-state index is 5.91. The van der Waals surface area contributed by atoms with Gasteiger partial charge in [0.2, 0.25) is 0 Å². The van der Waals surface area contributed by atoms with Gasteiger partial charge in [0.15, 0.2) is 5.16 Å². The highest BCUT2D eigenvalue weighted by molar-refractivity contribution is 7.98. The number of anilines is 1. The number of hydrogen-bond donors (Lipinski definition) is 1. The SMILES string of the molecule is CSc1nc(Cl)cc(NCc2ccc(Cl)cc2)n1. The molecule has 0 saturated heterocycles. The number of aromatic nitrogens is 2. The van der Waals surface area contributed by atoms with Gasteiger partial charge in [-0.25, -0.2) is 9.97 Å². The highest BCUT2D eigenvalue weighted by atomic mass is 35.5. The van der Waals surface area contributed by atoms with E-state index in [2.05, 4.69) is 15.3 Å². The van der Waals surface area contributed by atoms with Gasteiger partial charge in [0.25, 0.3) is 0 Å². The molecule has 0 fully saturated rings. The Morgan fingerprint density at radius 1 is 1.17 bits per heavy atom. The van der Waals surface area contributed by atoms with E-state index in [1.54, 1.807) is 6.07 Å². The largest absolute Gasteiger partial charge is 0.366 e. The van der Waals surface area contributed by atoms with E-state index in [0.29, 0.717) is 22.7 Å². The summed E-state index contributed by atoms with van der Waals surface area (Å²) in [5.41, 5.74) is 1.12. The predicted molar refractivity (Wildman–Crippen MR) is 77.6 cm³/mol. The maximum atomic E-state index is 5.91. The van der Waals surface area contributed by atoms with Crippen LogP contribution >= 0.6 is 35.0 Å². The highest BCUT2D eigenvalue weighted by Gasteiger charge is 2.02. The summed E-state index contributed by atoms with van der Waals surface area (Å²) in [6, 6.07) is 9.36. The topological polar surface area (TPSA) is 37.8 Å². The fourth-order valence-electron chi connectivity index (χ4n) is 1.37. The Hall–Kier alpha value is -0.970. The van der Waals surface area contributed by atoms with Crippen LogP contribution in [0.4, 0.5) is 5.82 Å². The molecule has 0 aliphatic heterocycles. The van der Waals surface area contributed by atoms with Crippen molar-refractivity contribution >= 4 is 40.8 Å². The monoisotopic (exact) mass is 299 g/mol. The molecule has 6 heteroatoms. The van der Waals surface area contributed by atoms with E-state index in [-0.39, 0.29) is 0 Å². The highest BCUT2D eigenvalue weighted by Crippen LogP contribution is 2.18. The van der Waals surface area contributed by atoms with Crippen LogP contribution in [0.3, 0.4) is 0 Å². The first-order valence-electron chi connectivity index (χ1n) is 5.24. The number of thioether (sulfide) groups is 1. The number of rotatable bonds is 4. The van der Waals surface area contributed by atoms with Crippen molar-refractivity contribution < 1.29 is 0 Å². The standard InChI is InChI=1S/C12H11Cl2N3S/c1-18-12-16-10(14)6-11(17-12)15-7-8-2-4-9(13)5-3-8/h2-6H,7H2,1H3,(H,15,16,17). The minimum absolute atomic E-state index is 0.438. The van der Waals surface area contributed by atoms with Gasteiger partial charge in [0.1, 0.15) is 11.0 Å². The molecular formula is C12H11Cl2N3S. The second-order valence-corrected chi connectivity index (χ2v) is 5.14. The van der Waals surface area contributed by atoms with Crippen LogP contribution in [0.5, 0.6) is 0 Å². The fourth-order valence-corrected chi connectivity index (χ4v) is 2.11. The van der Waals surface area contributed by atoms with Crippen molar-refractivity contribution in [3.63, 3.8) is 0 Å². The van der Waals surface area contributed by atoms with E-state index >= 15 is 0 Å². The molecule has 1 aromatic carbocycles. The molecule has 18 heavy (non-hydrogen) atoms. The van der Waals surface area contributed by atoms with Gasteiger partial charge in [-0.3, -0.25) is 0 Å². The molecule has 1 aromatic heterocycles. The molecule has 0 unspecified atom stereocenters. The summed E-state index contributed by atoms with van der Waals surface area (Å²) in [5, 5.41) is 5.03. The summed E-state index contributed by atoms with van der Waals surface area (Å²) in [4.78, 5) is 8.39. The van der Waals surface area contributed by atoms with Gasteiger partial charge in [-0.05, 0) is 24.0 Å². The molecule has 3 nitrogen and oxygen atoms in total. The van der Waals surface area contributed by atoms with Gasteiger partial charge in [0, 0.05) is 17.6 Å². The zero-order valence-corrected chi connectivity index (χ0v) is 12.0. The van der Waals surface area contributed by atoms with Crippen LogP contribution in [-0.4, -0.2) is 16.2 Å². The zero-order chi connectivity index (χ0) is 13.0. The Morgan fingerprint density at radius 3 is 2.56 bits per heavy atom. The number of nitrogens with one attached hydrogen (secondary N) is 1. The lowest BCUT2D eigenvalue weighted by molar-refractivity contribution is 0.956. The van der Waals surface area contributed by atoms with Crippen LogP contribution < -0.4 is 5.32 Å². The molecule has 0 aliphatic carbocycles. The van der Waals surface area contributed by atoms with Crippen molar-refractivity contribution in [1.29, 1.82) is 0 Å². The first-order chi connectivity index (χ1) is 8.67. The Kier molecular flexibility index (Phi) is 4.69. The molecule has 2 rings (SSSR count). The number of nitrogens with zero attached hydrogens (tertiary/aromatic N) is 2. The average Bonchev–Trinajstić information content (AvgIpc) is 2.37. The summed E-state index contributed by atoms with van der Waals surface area (Å²) in [5.74, 6) is 0.717. The minimum atomic E-state index is 0.438. The van der Waals surface area contributed by atoms with Crippen LogP contribution in [-0.2, 0) is 6.54 Å². The Labute approximate surface area is 120 Å². The average molecular weight is 300 g/mol. The lowest BCUT2D eigenvalue weighted by atomic mass is 10.2. The van der Waals surface area contributed by atoms with E-state index in [9.17, 15) is 0 Å². The van der Waals surface area contributed by atoms with Crippen LogP contribution in [0.2, 0.25) is 10.2 Å². The fraction of sp³-hybridized carbons (Fsp3) is 0.167. The van der Waals surface area contributed by atoms with Gasteiger partial charge in [-0.2, -0.15) is 0 Å². The molecule has 0 atom stereocenters. The Balaban J connectivity index is 2.05. The molecule has 1 N–H and O–H groups in total. The molecule has 0 amide bonds. The normalized spacial score (nSPS) is 10.4. The molecular weight excluding hydrogens is 289 g/mol. The first-order valence-corrected chi connectivity index (χ1v) is 7.22. The van der Waals surface area contributed by atoms with Crippen LogP contribution in [0.25, 0.3) is 0 Å². The molecule has 0 radical (unpaired) electrons. The third-order valence-corrected chi connectivity index (χ3v) is 3.24. The third-order valence-electron chi connectivity index (χ3n) is 2.24. The number of halogens is 2. The van der Waals surface area contributed by atoms with Gasteiger partial charge in [-0.15, -0.1) is 0 Å². The summed E-state index contributed by atoms with van der Waals surface area (Å²) in [7, 11) is 0. The van der Waals surface area contributed by atoms with E-state index in [0.717, 1.165) is 10.6 Å². The van der Waals surface area contributed by atoms with Crippen molar-refractivity contribution in [2.75, 3.05) is 11.6 Å². The minimum Gasteiger partial charge on any atom is -0.366 e.